The Balaban J connectivity index is 1.90. The third-order valence-corrected chi connectivity index (χ3v) is 3.59. The predicted octanol–water partition coefficient (Wildman–Crippen LogP) is 1.19. The topological polar surface area (TPSA) is 75.4 Å². The smallest absolute Gasteiger partial charge is 0.318 e. The Kier molecular flexibility index (Phi) is 4.16. The molecule has 0 radical (unpaired) electrons. The lowest BCUT2D eigenvalue weighted by atomic mass is 10.1. The fraction of sp³-hybridized carbons (Fsp3) is 0.429. The molecule has 1 atom stereocenters. The number of hydrogen-bond donors (Lipinski definition) is 2. The molecule has 0 aliphatic heterocycles. The number of nitrogens with one attached hydrogen (secondary N) is 1. The maximum atomic E-state index is 11.4. The number of benzene rings is 1. The summed E-state index contributed by atoms with van der Waals surface area (Å²) < 4.78 is 0. The SMILES string of the molecule is CN(CCC(=O)NC(N)=O)C1CCc2ccccc21. The van der Waals surface area contributed by atoms with Crippen LogP contribution in [-0.4, -0.2) is 30.4 Å². The van der Waals surface area contributed by atoms with Gasteiger partial charge in [-0.3, -0.25) is 15.0 Å². The van der Waals surface area contributed by atoms with Crippen molar-refractivity contribution >= 4 is 11.9 Å². The predicted molar refractivity (Wildman–Crippen MR) is 72.5 cm³/mol. The number of nitrogens with zero attached hydrogens (tertiary/aromatic N) is 1. The van der Waals surface area contributed by atoms with Gasteiger partial charge in [0.1, 0.15) is 0 Å². The highest BCUT2D eigenvalue weighted by Gasteiger charge is 2.25. The van der Waals surface area contributed by atoms with E-state index in [1.54, 1.807) is 0 Å². The minimum atomic E-state index is -0.793. The van der Waals surface area contributed by atoms with Crippen molar-refractivity contribution in [2.45, 2.75) is 25.3 Å². The summed E-state index contributed by atoms with van der Waals surface area (Å²) in [5, 5.41) is 2.08. The van der Waals surface area contributed by atoms with E-state index in [-0.39, 0.29) is 12.3 Å². The van der Waals surface area contributed by atoms with Crippen LogP contribution < -0.4 is 11.1 Å². The second kappa shape index (κ2) is 5.84. The molecular formula is C14H19N3O2. The van der Waals surface area contributed by atoms with Gasteiger partial charge in [0.05, 0.1) is 0 Å². The van der Waals surface area contributed by atoms with E-state index in [0.29, 0.717) is 12.6 Å². The number of fused-ring (bicyclic) bond motifs is 1. The Morgan fingerprint density at radius 1 is 1.42 bits per heavy atom. The first-order chi connectivity index (χ1) is 9.08. The summed E-state index contributed by atoms with van der Waals surface area (Å²) >= 11 is 0. The van der Waals surface area contributed by atoms with Crippen LogP contribution in [0.25, 0.3) is 0 Å². The van der Waals surface area contributed by atoms with Gasteiger partial charge in [-0.05, 0) is 31.0 Å². The van der Waals surface area contributed by atoms with Crippen LogP contribution in [0, 0.1) is 0 Å². The number of carbonyl (C=O) groups excluding carboxylic acids is 2. The van der Waals surface area contributed by atoms with Crippen molar-refractivity contribution in [1.29, 1.82) is 0 Å². The van der Waals surface area contributed by atoms with Crippen molar-refractivity contribution in [3.8, 4) is 0 Å². The number of hydrogen-bond acceptors (Lipinski definition) is 3. The zero-order valence-electron chi connectivity index (χ0n) is 11.1. The minimum Gasteiger partial charge on any atom is -0.351 e. The van der Waals surface area contributed by atoms with Crippen LogP contribution in [0.3, 0.4) is 0 Å². The number of rotatable bonds is 4. The van der Waals surface area contributed by atoms with Crippen molar-refractivity contribution in [2.24, 2.45) is 5.73 Å². The normalized spacial score (nSPS) is 17.3. The van der Waals surface area contributed by atoms with E-state index in [4.69, 9.17) is 5.73 Å². The first-order valence-electron chi connectivity index (χ1n) is 6.45. The zero-order valence-corrected chi connectivity index (χ0v) is 11.1. The van der Waals surface area contributed by atoms with Crippen LogP contribution in [0.1, 0.15) is 30.0 Å². The van der Waals surface area contributed by atoms with E-state index >= 15 is 0 Å². The monoisotopic (exact) mass is 261 g/mol. The summed E-state index contributed by atoms with van der Waals surface area (Å²) in [6, 6.07) is 7.97. The Bertz CT molecular complexity index is 487. The molecule has 0 aromatic heterocycles. The standard InChI is InChI=1S/C14H19N3O2/c1-17(9-8-13(18)16-14(15)19)12-7-6-10-4-2-3-5-11(10)12/h2-5,12H,6-9H2,1H3,(H3,15,16,18,19). The molecule has 2 rings (SSSR count). The summed E-state index contributed by atoms with van der Waals surface area (Å²) in [5.41, 5.74) is 7.64. The maximum absolute atomic E-state index is 11.4. The van der Waals surface area contributed by atoms with E-state index in [9.17, 15) is 9.59 Å². The zero-order chi connectivity index (χ0) is 13.8. The molecule has 0 fully saturated rings. The van der Waals surface area contributed by atoms with Crippen molar-refractivity contribution in [3.63, 3.8) is 0 Å². The molecule has 3 N–H and O–H groups in total. The fourth-order valence-corrected chi connectivity index (χ4v) is 2.63. The number of imide groups is 1. The van der Waals surface area contributed by atoms with Crippen LogP contribution >= 0.6 is 0 Å². The van der Waals surface area contributed by atoms with Crippen LogP contribution in [0.2, 0.25) is 0 Å². The molecule has 0 spiro atoms. The molecule has 1 aromatic carbocycles. The van der Waals surface area contributed by atoms with Gasteiger partial charge in [-0.25, -0.2) is 4.79 Å². The summed E-state index contributed by atoms with van der Waals surface area (Å²) in [4.78, 5) is 24.1. The molecule has 19 heavy (non-hydrogen) atoms. The largest absolute Gasteiger partial charge is 0.351 e. The summed E-state index contributed by atoms with van der Waals surface area (Å²) in [6.45, 7) is 0.609. The van der Waals surface area contributed by atoms with Crippen LogP contribution in [0.5, 0.6) is 0 Å². The first-order valence-corrected chi connectivity index (χ1v) is 6.45. The van der Waals surface area contributed by atoms with E-state index in [2.05, 4.69) is 28.4 Å². The van der Waals surface area contributed by atoms with Gasteiger partial charge < -0.3 is 5.73 Å². The molecule has 1 aliphatic rings. The van der Waals surface area contributed by atoms with Gasteiger partial charge in [-0.1, -0.05) is 24.3 Å². The summed E-state index contributed by atoms with van der Waals surface area (Å²) in [6.07, 6.45) is 2.43. The number of primary amides is 1. The Labute approximate surface area is 112 Å². The Hall–Kier alpha value is -1.88. The Morgan fingerprint density at radius 2 is 2.16 bits per heavy atom. The lowest BCUT2D eigenvalue weighted by Crippen LogP contribution is -2.37. The maximum Gasteiger partial charge on any atom is 0.318 e. The van der Waals surface area contributed by atoms with Crippen molar-refractivity contribution < 1.29 is 9.59 Å². The lowest BCUT2D eigenvalue weighted by molar-refractivity contribution is -0.120. The minimum absolute atomic E-state index is 0.276. The molecule has 0 bridgehead atoms. The van der Waals surface area contributed by atoms with Gasteiger partial charge in [0.15, 0.2) is 0 Å². The average molecular weight is 261 g/mol. The van der Waals surface area contributed by atoms with Gasteiger partial charge in [-0.2, -0.15) is 0 Å². The Morgan fingerprint density at radius 3 is 2.89 bits per heavy atom. The van der Waals surface area contributed by atoms with E-state index in [1.807, 2.05) is 13.1 Å². The van der Waals surface area contributed by atoms with Crippen LogP contribution in [-0.2, 0) is 11.2 Å². The van der Waals surface area contributed by atoms with Crippen molar-refractivity contribution in [2.75, 3.05) is 13.6 Å². The van der Waals surface area contributed by atoms with Crippen molar-refractivity contribution in [1.82, 2.24) is 10.2 Å². The molecule has 1 aliphatic carbocycles. The summed E-state index contributed by atoms with van der Waals surface area (Å²) in [5.74, 6) is -0.328. The van der Waals surface area contributed by atoms with Crippen molar-refractivity contribution in [3.05, 3.63) is 35.4 Å². The van der Waals surface area contributed by atoms with Gasteiger partial charge in [-0.15, -0.1) is 0 Å². The second-order valence-electron chi connectivity index (χ2n) is 4.90. The number of carbonyl (C=O) groups is 2. The highest BCUT2D eigenvalue weighted by Crippen LogP contribution is 2.34. The highest BCUT2D eigenvalue weighted by atomic mass is 16.2. The third kappa shape index (κ3) is 3.32. The van der Waals surface area contributed by atoms with Gasteiger partial charge >= 0.3 is 6.03 Å². The van der Waals surface area contributed by atoms with Gasteiger partial charge in [0.25, 0.3) is 0 Å². The molecule has 0 saturated carbocycles. The fourth-order valence-electron chi connectivity index (χ4n) is 2.63. The van der Waals surface area contributed by atoms with Crippen LogP contribution in [0.15, 0.2) is 24.3 Å². The molecule has 5 heteroatoms. The van der Waals surface area contributed by atoms with Gasteiger partial charge in [0.2, 0.25) is 5.91 Å². The van der Waals surface area contributed by atoms with E-state index in [0.717, 1.165) is 12.8 Å². The molecule has 5 nitrogen and oxygen atoms in total. The average Bonchev–Trinajstić information content (AvgIpc) is 2.79. The third-order valence-electron chi connectivity index (χ3n) is 3.59. The molecule has 102 valence electrons. The molecular weight excluding hydrogens is 242 g/mol. The highest BCUT2D eigenvalue weighted by molar-refractivity contribution is 5.93. The second-order valence-corrected chi connectivity index (χ2v) is 4.90. The van der Waals surface area contributed by atoms with E-state index < -0.39 is 6.03 Å². The molecule has 3 amide bonds. The van der Waals surface area contributed by atoms with Gasteiger partial charge in [0, 0.05) is 19.0 Å². The number of nitrogens with two attached hydrogens (primary N) is 1. The number of urea groups is 1. The quantitative estimate of drug-likeness (QED) is 0.855. The molecule has 1 aromatic rings. The molecule has 0 heterocycles. The van der Waals surface area contributed by atoms with Crippen LogP contribution in [0.4, 0.5) is 4.79 Å². The molecule has 1 unspecified atom stereocenters. The number of amides is 3. The van der Waals surface area contributed by atoms with E-state index in [1.165, 1.54) is 11.1 Å². The summed E-state index contributed by atoms with van der Waals surface area (Å²) in [7, 11) is 2.00. The number of aryl methyl sites for hydroxylation is 1. The molecule has 0 saturated heterocycles. The lowest BCUT2D eigenvalue weighted by Gasteiger charge is -2.24. The first kappa shape index (κ1) is 13.5.